The van der Waals surface area contributed by atoms with Crippen LogP contribution in [0.25, 0.3) is 56.1 Å². The summed E-state index contributed by atoms with van der Waals surface area (Å²) in [7, 11) is 18.7. The molecule has 0 saturated heterocycles. The lowest BCUT2D eigenvalue weighted by Gasteiger charge is -2.35. The zero-order valence-electron chi connectivity index (χ0n) is 35.2. The van der Waals surface area contributed by atoms with E-state index in [1.807, 2.05) is 0 Å². The van der Waals surface area contributed by atoms with E-state index in [9.17, 15) is 0 Å². The lowest BCUT2D eigenvalue weighted by atomic mass is 9.57. The molecule has 1 spiro atoms. The van der Waals surface area contributed by atoms with Crippen LogP contribution in [0, 0.1) is 12.1 Å². The number of hydrogen-bond acceptors (Lipinski definition) is 2. The summed E-state index contributed by atoms with van der Waals surface area (Å²) in [6.07, 6.45) is 4.04. The van der Waals surface area contributed by atoms with Crippen molar-refractivity contribution in [3.8, 4) is 33.4 Å². The van der Waals surface area contributed by atoms with Gasteiger partial charge < -0.3 is 9.32 Å². The number of rotatable bonds is 4. The standard InChI is InChI=1S/C49H39B8NO/c50-41-37-38-40(44(53)48(57)46(55)42(38)51)49(39(37)43(52)47(56)45(41)54)29-14-6-4-12-27(29)35-30(49)15-8-16-31(35)58(26-22-20-25(21-23-26)24-10-2-1-3-11-24)32-17-9-19-34-36(32)28-13-5-7-18-33(28)59-34/h1-3,5-8,10-11,13-16,18-23H,9,17,50-57H2. The first kappa shape index (κ1) is 36.1. The molecule has 1 heterocycles. The Kier molecular flexibility index (Phi) is 7.94. The minimum atomic E-state index is -0.529. The molecular formula is C49H39B8NO. The minimum Gasteiger partial charge on any atom is -0.456 e. The van der Waals surface area contributed by atoms with Crippen LogP contribution in [0.1, 0.15) is 35.1 Å². The van der Waals surface area contributed by atoms with Crippen molar-refractivity contribution in [3.63, 3.8) is 0 Å². The fraction of sp³-hybridized carbons (Fsp3) is 0.0612. The fourth-order valence-electron chi connectivity index (χ4n) is 11.3. The van der Waals surface area contributed by atoms with Crippen LogP contribution >= 0.6 is 0 Å². The molecule has 0 bridgehead atoms. The molecule has 0 amide bonds. The predicted molar refractivity (Wildman–Crippen MR) is 272 cm³/mol. The van der Waals surface area contributed by atoms with Gasteiger partial charge in [0.2, 0.25) is 0 Å². The molecule has 8 aromatic rings. The molecule has 59 heavy (non-hydrogen) atoms. The van der Waals surface area contributed by atoms with Gasteiger partial charge in [-0.25, -0.2) is 0 Å². The third-order valence-corrected chi connectivity index (χ3v) is 14.6. The normalized spacial score (nSPS) is 13.9. The Hall–Kier alpha value is -6.04. The maximum atomic E-state index is 6.60. The molecule has 10 heteroatoms. The van der Waals surface area contributed by atoms with Gasteiger partial charge in [0.25, 0.3) is 0 Å². The zero-order valence-corrected chi connectivity index (χ0v) is 35.2. The van der Waals surface area contributed by atoms with Crippen molar-refractivity contribution in [2.75, 3.05) is 4.90 Å². The first-order valence-electron chi connectivity index (χ1n) is 21.1. The van der Waals surface area contributed by atoms with Crippen molar-refractivity contribution in [2.24, 2.45) is 0 Å². The number of para-hydroxylation sites is 1. The molecule has 270 valence electrons. The zero-order chi connectivity index (χ0) is 40.5. The second-order valence-corrected chi connectivity index (χ2v) is 17.1. The van der Waals surface area contributed by atoms with E-state index < -0.39 is 5.41 Å². The number of fused-ring (bicyclic) bond motifs is 13. The van der Waals surface area contributed by atoms with Crippen molar-refractivity contribution in [2.45, 2.75) is 18.3 Å². The SMILES string of the molecule is Bc1c(B)c(B)c2c(c1B)-c1c(B)c(B)c(B)c(B)c1C21c2ccc#cc2-c2c(N(C3=c4c(oc5ccccc45)=CCC3)c3ccc(-c4ccccc4)cc3)cccc21. The van der Waals surface area contributed by atoms with E-state index in [2.05, 4.69) is 195 Å². The highest BCUT2D eigenvalue weighted by atomic mass is 16.3. The Morgan fingerprint density at radius 1 is 0.559 bits per heavy atom. The summed E-state index contributed by atoms with van der Waals surface area (Å²) < 4.78 is 6.60. The third-order valence-electron chi connectivity index (χ3n) is 14.6. The van der Waals surface area contributed by atoms with Crippen molar-refractivity contribution >= 4 is 141 Å². The molecule has 3 aliphatic rings. The molecule has 0 N–H and O–H groups in total. The average molecular weight is 744 g/mol. The summed E-state index contributed by atoms with van der Waals surface area (Å²) in [5.41, 5.74) is 29.0. The Morgan fingerprint density at radius 3 is 1.88 bits per heavy atom. The molecule has 0 aliphatic heterocycles. The van der Waals surface area contributed by atoms with Crippen molar-refractivity contribution in [1.29, 1.82) is 0 Å². The van der Waals surface area contributed by atoms with Gasteiger partial charge in [0.05, 0.1) is 11.1 Å². The lowest BCUT2D eigenvalue weighted by Crippen LogP contribution is -2.52. The molecule has 0 unspecified atom stereocenters. The summed E-state index contributed by atoms with van der Waals surface area (Å²) in [5, 5.41) is 2.33. The Balaban J connectivity index is 1.29. The van der Waals surface area contributed by atoms with Gasteiger partial charge in [-0.2, -0.15) is 0 Å². The third kappa shape index (κ3) is 4.71. The summed E-state index contributed by atoms with van der Waals surface area (Å²) in [5.74, 6) is 0. The first-order chi connectivity index (χ1) is 28.6. The summed E-state index contributed by atoms with van der Waals surface area (Å²) in [4.78, 5) is 2.55. The topological polar surface area (TPSA) is 16.4 Å². The molecule has 11 rings (SSSR count). The quantitative estimate of drug-likeness (QED) is 0.175. The van der Waals surface area contributed by atoms with Gasteiger partial charge in [-0.1, -0.05) is 107 Å². The number of nitrogens with zero attached hydrogens (tertiary/aromatic N) is 1. The first-order valence-corrected chi connectivity index (χ1v) is 21.1. The Bertz CT molecular complexity index is 3190. The van der Waals surface area contributed by atoms with Crippen molar-refractivity contribution in [3.05, 3.63) is 154 Å². The predicted octanol–water partition coefficient (Wildman–Crippen LogP) is -3.37. The summed E-state index contributed by atoms with van der Waals surface area (Å²) >= 11 is 0. The van der Waals surface area contributed by atoms with E-state index in [0.29, 0.717) is 0 Å². The van der Waals surface area contributed by atoms with Gasteiger partial charge in [-0.15, -0.1) is 21.9 Å². The van der Waals surface area contributed by atoms with Crippen molar-refractivity contribution in [1.82, 2.24) is 0 Å². The molecule has 3 aliphatic carbocycles. The molecule has 7 aromatic carbocycles. The molecular weight excluding hydrogens is 705 g/mol. The van der Waals surface area contributed by atoms with Gasteiger partial charge in [0.15, 0.2) is 0 Å². The lowest BCUT2D eigenvalue weighted by molar-refractivity contribution is 0.570. The average Bonchev–Trinajstić information content (AvgIpc) is 3.92. The minimum absolute atomic E-state index is 0.529. The van der Waals surface area contributed by atoms with Crippen LogP contribution in [0.4, 0.5) is 11.4 Å². The van der Waals surface area contributed by atoms with Gasteiger partial charge in [0, 0.05) is 33.1 Å². The van der Waals surface area contributed by atoms with Crippen LogP contribution in [-0.2, 0) is 5.41 Å². The van der Waals surface area contributed by atoms with Crippen LogP contribution < -0.4 is 59.2 Å². The molecule has 0 atom stereocenters. The van der Waals surface area contributed by atoms with Gasteiger partial charge in [-0.05, 0) is 99.8 Å². The van der Waals surface area contributed by atoms with Gasteiger partial charge in [-0.3, -0.25) is 0 Å². The van der Waals surface area contributed by atoms with Crippen LogP contribution in [0.5, 0.6) is 0 Å². The van der Waals surface area contributed by atoms with E-state index in [1.165, 1.54) is 105 Å². The molecule has 0 radical (unpaired) electrons. The number of benzene rings is 6. The van der Waals surface area contributed by atoms with E-state index >= 15 is 0 Å². The van der Waals surface area contributed by atoms with Crippen LogP contribution in [0.2, 0.25) is 0 Å². The van der Waals surface area contributed by atoms with E-state index in [1.54, 1.807) is 0 Å². The second-order valence-electron chi connectivity index (χ2n) is 17.1. The monoisotopic (exact) mass is 745 g/mol. The van der Waals surface area contributed by atoms with Crippen LogP contribution in [0.3, 0.4) is 0 Å². The van der Waals surface area contributed by atoms with Gasteiger partial charge in [0.1, 0.15) is 73.8 Å². The van der Waals surface area contributed by atoms with E-state index in [0.717, 1.165) is 46.2 Å². The summed E-state index contributed by atoms with van der Waals surface area (Å²) in [6, 6.07) is 47.1. The number of furan rings is 1. The largest absolute Gasteiger partial charge is 0.456 e. The maximum Gasteiger partial charge on any atom is 0.139 e. The van der Waals surface area contributed by atoms with Crippen molar-refractivity contribution < 1.29 is 4.42 Å². The fourth-order valence-corrected chi connectivity index (χ4v) is 11.3. The Labute approximate surface area is 354 Å². The highest BCUT2D eigenvalue weighted by molar-refractivity contribution is 6.67. The highest BCUT2D eigenvalue weighted by Gasteiger charge is 2.55. The van der Waals surface area contributed by atoms with E-state index in [4.69, 9.17) is 4.42 Å². The van der Waals surface area contributed by atoms with Gasteiger partial charge >= 0.3 is 0 Å². The van der Waals surface area contributed by atoms with E-state index in [-0.39, 0.29) is 0 Å². The van der Waals surface area contributed by atoms with Crippen LogP contribution in [-0.4, -0.2) is 62.8 Å². The van der Waals surface area contributed by atoms with Crippen LogP contribution in [0.15, 0.2) is 114 Å². The summed E-state index contributed by atoms with van der Waals surface area (Å²) in [6.45, 7) is 0. The number of hydrogen-bond donors (Lipinski definition) is 0. The number of anilines is 2. The molecule has 2 nitrogen and oxygen atoms in total. The second kappa shape index (κ2) is 13.0. The molecule has 0 fully saturated rings. The highest BCUT2D eigenvalue weighted by Crippen LogP contribution is 2.62. The smallest absolute Gasteiger partial charge is 0.139 e. The maximum absolute atomic E-state index is 6.60. The Morgan fingerprint density at radius 2 is 1.19 bits per heavy atom. The molecule has 0 saturated carbocycles. The molecule has 1 aromatic heterocycles.